The third kappa shape index (κ3) is 6.38. The van der Waals surface area contributed by atoms with Crippen molar-refractivity contribution in [3.8, 4) is 11.3 Å². The number of carbonyl (C=O) groups excluding carboxylic acids is 2. The Labute approximate surface area is 216 Å². The lowest BCUT2D eigenvalue weighted by atomic mass is 10.1. The summed E-state index contributed by atoms with van der Waals surface area (Å²) >= 11 is 0. The summed E-state index contributed by atoms with van der Waals surface area (Å²) in [5.74, 6) is 0.0392. The fraction of sp³-hybridized carbons (Fsp3) is 0.200. The van der Waals surface area contributed by atoms with Crippen molar-refractivity contribution >= 4 is 23.6 Å². The number of pyridine rings is 1. The number of rotatable bonds is 9. The maximum atomic E-state index is 12.7. The predicted octanol–water partition coefficient (Wildman–Crippen LogP) is 5.23. The second-order valence-electron chi connectivity index (χ2n) is 9.31. The molecule has 0 spiro atoms. The molecule has 2 N–H and O–H groups in total. The molecule has 0 aliphatic heterocycles. The highest BCUT2D eigenvalue weighted by Gasteiger charge is 2.29. The summed E-state index contributed by atoms with van der Waals surface area (Å²) in [7, 11) is 0. The van der Waals surface area contributed by atoms with Gasteiger partial charge in [-0.15, -0.1) is 0 Å². The van der Waals surface area contributed by atoms with Gasteiger partial charge in [0.1, 0.15) is 5.69 Å². The molecule has 37 heavy (non-hydrogen) atoms. The van der Waals surface area contributed by atoms with Crippen molar-refractivity contribution in [1.82, 2.24) is 20.1 Å². The number of hydrogen-bond donors (Lipinski definition) is 2. The summed E-state index contributed by atoms with van der Waals surface area (Å²) < 4.78 is 1.88. The molecule has 1 aliphatic rings. The minimum atomic E-state index is -0.202. The van der Waals surface area contributed by atoms with Crippen LogP contribution in [0.2, 0.25) is 0 Å². The van der Waals surface area contributed by atoms with Gasteiger partial charge in [0.15, 0.2) is 0 Å². The zero-order valence-corrected chi connectivity index (χ0v) is 20.7. The normalized spacial score (nSPS) is 13.9. The second kappa shape index (κ2) is 11.0. The first-order valence-corrected chi connectivity index (χ1v) is 12.5. The zero-order chi connectivity index (χ0) is 25.6. The van der Waals surface area contributed by atoms with Crippen LogP contribution in [0.25, 0.3) is 17.3 Å². The highest BCUT2D eigenvalue weighted by atomic mass is 16.2. The van der Waals surface area contributed by atoms with Gasteiger partial charge in [-0.25, -0.2) is 0 Å². The van der Waals surface area contributed by atoms with Crippen LogP contribution in [0.15, 0.2) is 91.4 Å². The molecule has 5 rings (SSSR count). The number of carbonyl (C=O) groups is 2. The van der Waals surface area contributed by atoms with Crippen LogP contribution >= 0.6 is 0 Å². The minimum absolute atomic E-state index is 0.0805. The van der Waals surface area contributed by atoms with Crippen molar-refractivity contribution in [2.24, 2.45) is 5.92 Å². The topological polar surface area (TPSA) is 88.9 Å². The van der Waals surface area contributed by atoms with Gasteiger partial charge in [-0.3, -0.25) is 19.3 Å². The monoisotopic (exact) mass is 491 g/mol. The highest BCUT2D eigenvalue weighted by Crippen LogP contribution is 2.30. The van der Waals surface area contributed by atoms with Gasteiger partial charge < -0.3 is 10.6 Å². The van der Waals surface area contributed by atoms with Gasteiger partial charge in [-0.2, -0.15) is 5.10 Å². The number of nitrogens with zero attached hydrogens (tertiary/aromatic N) is 3. The largest absolute Gasteiger partial charge is 0.346 e. The molecule has 2 heterocycles. The lowest BCUT2D eigenvalue weighted by Crippen LogP contribution is -2.24. The summed E-state index contributed by atoms with van der Waals surface area (Å²) in [6.07, 6.45) is 10.7. The second-order valence-corrected chi connectivity index (χ2v) is 9.31. The molecular formula is C30H29N5O2. The first-order chi connectivity index (χ1) is 18.0. The Morgan fingerprint density at radius 3 is 2.54 bits per heavy atom. The average Bonchev–Trinajstić information content (AvgIpc) is 3.70. The Morgan fingerprint density at radius 1 is 1.05 bits per heavy atom. The van der Waals surface area contributed by atoms with Crippen LogP contribution in [0, 0.1) is 5.92 Å². The molecule has 7 nitrogen and oxygen atoms in total. The Kier molecular flexibility index (Phi) is 7.21. The standard InChI is InChI=1S/C30H29N5O2/c1-21(23-11-14-27(15-12-23)33-30(37)24-9-10-24)32-28(36)16-13-26-20-35(19-22-6-3-2-4-7-22)34-29(26)25-8-5-17-31-18-25/h2-8,11-18,20-21,24H,9-10,19H2,1H3,(H,32,36)(H,33,37). The average molecular weight is 492 g/mol. The molecule has 7 heteroatoms. The van der Waals surface area contributed by atoms with E-state index >= 15 is 0 Å². The maximum Gasteiger partial charge on any atom is 0.244 e. The van der Waals surface area contributed by atoms with Crippen LogP contribution in [-0.4, -0.2) is 26.6 Å². The van der Waals surface area contributed by atoms with Gasteiger partial charge in [-0.05, 0) is 61.2 Å². The van der Waals surface area contributed by atoms with Crippen LogP contribution < -0.4 is 10.6 Å². The molecular weight excluding hydrogens is 462 g/mol. The van der Waals surface area contributed by atoms with Gasteiger partial charge in [0, 0.05) is 47.4 Å². The van der Waals surface area contributed by atoms with Gasteiger partial charge >= 0.3 is 0 Å². The molecule has 1 aliphatic carbocycles. The molecule has 2 aromatic heterocycles. The molecule has 1 unspecified atom stereocenters. The van der Waals surface area contributed by atoms with E-state index < -0.39 is 0 Å². The Morgan fingerprint density at radius 2 is 1.84 bits per heavy atom. The smallest absolute Gasteiger partial charge is 0.244 e. The fourth-order valence-corrected chi connectivity index (χ4v) is 4.09. The third-order valence-corrected chi connectivity index (χ3v) is 6.31. The van der Waals surface area contributed by atoms with E-state index in [0.717, 1.165) is 46.5 Å². The molecule has 1 atom stereocenters. The molecule has 0 bridgehead atoms. The van der Waals surface area contributed by atoms with Crippen molar-refractivity contribution in [3.05, 3.63) is 108 Å². The lowest BCUT2D eigenvalue weighted by Gasteiger charge is -2.14. The molecule has 0 radical (unpaired) electrons. The minimum Gasteiger partial charge on any atom is -0.346 e. The molecule has 2 aromatic carbocycles. The van der Waals surface area contributed by atoms with E-state index in [1.807, 2.05) is 72.4 Å². The van der Waals surface area contributed by atoms with Crippen LogP contribution in [0.1, 0.15) is 42.5 Å². The van der Waals surface area contributed by atoms with Crippen LogP contribution in [0.3, 0.4) is 0 Å². The van der Waals surface area contributed by atoms with E-state index in [4.69, 9.17) is 5.10 Å². The predicted molar refractivity (Wildman–Crippen MR) is 144 cm³/mol. The number of nitrogens with one attached hydrogen (secondary N) is 2. The zero-order valence-electron chi connectivity index (χ0n) is 20.7. The Hall–Kier alpha value is -4.52. The quantitative estimate of drug-likeness (QED) is 0.314. The number of hydrogen-bond acceptors (Lipinski definition) is 4. The van der Waals surface area contributed by atoms with E-state index in [-0.39, 0.29) is 23.8 Å². The first-order valence-electron chi connectivity index (χ1n) is 12.5. The van der Waals surface area contributed by atoms with Crippen LogP contribution in [0.4, 0.5) is 5.69 Å². The van der Waals surface area contributed by atoms with Crippen molar-refractivity contribution in [3.63, 3.8) is 0 Å². The van der Waals surface area contributed by atoms with Gasteiger partial charge in [0.05, 0.1) is 12.6 Å². The van der Waals surface area contributed by atoms with Crippen LogP contribution in [0.5, 0.6) is 0 Å². The van der Waals surface area contributed by atoms with E-state index in [0.29, 0.717) is 6.54 Å². The first kappa shape index (κ1) is 24.2. The van der Waals surface area contributed by atoms with Gasteiger partial charge in [0.25, 0.3) is 0 Å². The summed E-state index contributed by atoms with van der Waals surface area (Å²) in [6, 6.07) is 21.3. The molecule has 186 valence electrons. The number of benzene rings is 2. The summed E-state index contributed by atoms with van der Waals surface area (Å²) in [6.45, 7) is 2.56. The van der Waals surface area contributed by atoms with Gasteiger partial charge in [-0.1, -0.05) is 42.5 Å². The molecule has 1 saturated carbocycles. The summed E-state index contributed by atoms with van der Waals surface area (Å²) in [5.41, 5.74) is 5.36. The van der Waals surface area contributed by atoms with E-state index in [1.165, 1.54) is 6.08 Å². The fourth-order valence-electron chi connectivity index (χ4n) is 4.09. The molecule has 4 aromatic rings. The number of anilines is 1. The third-order valence-electron chi connectivity index (χ3n) is 6.31. The number of aromatic nitrogens is 3. The lowest BCUT2D eigenvalue weighted by molar-refractivity contribution is -0.118. The SMILES string of the molecule is CC(NC(=O)C=Cc1cn(Cc2ccccc2)nc1-c1cccnc1)c1ccc(NC(=O)C2CC2)cc1. The van der Waals surface area contributed by atoms with Crippen molar-refractivity contribution in [2.75, 3.05) is 5.32 Å². The van der Waals surface area contributed by atoms with E-state index in [2.05, 4.69) is 27.8 Å². The maximum absolute atomic E-state index is 12.7. The van der Waals surface area contributed by atoms with Crippen molar-refractivity contribution < 1.29 is 9.59 Å². The van der Waals surface area contributed by atoms with Crippen molar-refractivity contribution in [2.45, 2.75) is 32.4 Å². The number of amides is 2. The van der Waals surface area contributed by atoms with Crippen molar-refractivity contribution in [1.29, 1.82) is 0 Å². The highest BCUT2D eigenvalue weighted by molar-refractivity contribution is 5.94. The van der Waals surface area contributed by atoms with Gasteiger partial charge in [0.2, 0.25) is 11.8 Å². The van der Waals surface area contributed by atoms with E-state index in [9.17, 15) is 9.59 Å². The Bertz CT molecular complexity index is 1390. The summed E-state index contributed by atoms with van der Waals surface area (Å²) in [5, 5.41) is 10.7. The molecule has 2 amide bonds. The summed E-state index contributed by atoms with van der Waals surface area (Å²) in [4.78, 5) is 28.9. The molecule has 1 fully saturated rings. The Balaban J connectivity index is 1.26. The molecule has 0 saturated heterocycles. The van der Waals surface area contributed by atoms with Crippen LogP contribution in [-0.2, 0) is 16.1 Å². The van der Waals surface area contributed by atoms with E-state index in [1.54, 1.807) is 18.5 Å².